The summed E-state index contributed by atoms with van der Waals surface area (Å²) in [5.74, 6) is -4.45. The minimum absolute atomic E-state index is 0.0235. The van der Waals surface area contributed by atoms with E-state index in [1.54, 1.807) is 0 Å². The summed E-state index contributed by atoms with van der Waals surface area (Å²) in [4.78, 5) is 10.8. The fourth-order valence-electron chi connectivity index (χ4n) is 2.35. The van der Waals surface area contributed by atoms with Gasteiger partial charge in [0.05, 0.1) is 19.8 Å². The van der Waals surface area contributed by atoms with Gasteiger partial charge in [-0.25, -0.2) is 0 Å². The first kappa shape index (κ1) is 21.4. The smallest absolute Gasteiger partial charge is 0.298 e. The number of benzene rings is 2. The normalized spacial score (nSPS) is 11.9. The van der Waals surface area contributed by atoms with Gasteiger partial charge < -0.3 is 19.7 Å². The molecule has 0 aliphatic heterocycles. The number of phenolic OH excluding ortho intramolecular Hbond substituents is 2. The second kappa shape index (κ2) is 7.27. The third-order valence-corrected chi connectivity index (χ3v) is 5.38. The number of methoxy groups -OCH3 is 2. The molecule has 0 unspecified atom stereocenters. The zero-order chi connectivity index (χ0) is 21.4. The molecule has 152 valence electrons. The van der Waals surface area contributed by atoms with Gasteiger partial charge in [-0.15, -0.1) is 0 Å². The predicted molar refractivity (Wildman–Crippen MR) is 92.4 cm³/mol. The lowest BCUT2D eigenvalue weighted by atomic mass is 10.0. The molecule has 0 saturated heterocycles. The van der Waals surface area contributed by atoms with E-state index in [1.807, 2.05) is 0 Å². The topological polar surface area (TPSA) is 185 Å². The molecule has 2 aromatic rings. The molecule has 2 rings (SSSR count). The van der Waals surface area contributed by atoms with E-state index in [-0.39, 0.29) is 5.75 Å². The van der Waals surface area contributed by atoms with E-state index in [4.69, 9.17) is 4.74 Å². The highest BCUT2D eigenvalue weighted by molar-refractivity contribution is 7.86. The van der Waals surface area contributed by atoms with Crippen molar-refractivity contribution >= 4 is 26.0 Å². The van der Waals surface area contributed by atoms with Crippen LogP contribution in [0.2, 0.25) is 0 Å². The third kappa shape index (κ3) is 3.87. The molecule has 0 spiro atoms. The number of rotatable bonds is 6. The number of hydrogen-bond acceptors (Lipinski definition) is 9. The van der Waals surface area contributed by atoms with Crippen molar-refractivity contribution in [3.63, 3.8) is 0 Å². The Morgan fingerprint density at radius 3 is 1.86 bits per heavy atom. The Bertz CT molecular complexity index is 1160. The molecule has 11 nitrogen and oxygen atoms in total. The van der Waals surface area contributed by atoms with E-state index in [2.05, 4.69) is 4.74 Å². The Labute approximate surface area is 159 Å². The number of phenols is 2. The number of ketones is 1. The Kier molecular flexibility index (Phi) is 5.57. The number of carbonyl (C=O) groups is 1. The Morgan fingerprint density at radius 2 is 1.39 bits per heavy atom. The summed E-state index contributed by atoms with van der Waals surface area (Å²) in [5, 5.41) is 20.0. The van der Waals surface area contributed by atoms with E-state index in [0.29, 0.717) is 6.07 Å². The van der Waals surface area contributed by atoms with Crippen molar-refractivity contribution in [1.82, 2.24) is 0 Å². The average Bonchev–Trinajstić information content (AvgIpc) is 2.61. The van der Waals surface area contributed by atoms with Crippen molar-refractivity contribution in [2.24, 2.45) is 0 Å². The first-order chi connectivity index (χ1) is 12.8. The first-order valence-electron chi connectivity index (χ1n) is 7.13. The summed E-state index contributed by atoms with van der Waals surface area (Å²) in [6.07, 6.45) is 0. The van der Waals surface area contributed by atoms with E-state index in [1.165, 1.54) is 13.2 Å². The lowest BCUT2D eigenvalue weighted by Gasteiger charge is -2.14. The van der Waals surface area contributed by atoms with Gasteiger partial charge in [-0.1, -0.05) is 0 Å². The van der Waals surface area contributed by atoms with E-state index >= 15 is 0 Å². The molecule has 4 N–H and O–H groups in total. The van der Waals surface area contributed by atoms with Crippen LogP contribution in [0.25, 0.3) is 0 Å². The minimum Gasteiger partial charge on any atom is -0.504 e. The van der Waals surface area contributed by atoms with Crippen LogP contribution in [0.5, 0.6) is 23.0 Å². The molecule has 0 aliphatic carbocycles. The summed E-state index contributed by atoms with van der Waals surface area (Å²) in [6.45, 7) is 0. The quantitative estimate of drug-likeness (QED) is 0.287. The molecule has 0 aliphatic rings. The van der Waals surface area contributed by atoms with Crippen LogP contribution in [0, 0.1) is 0 Å². The molecule has 28 heavy (non-hydrogen) atoms. The van der Waals surface area contributed by atoms with Crippen LogP contribution in [-0.2, 0) is 20.2 Å². The number of ether oxygens (including phenoxy) is 2. The van der Waals surface area contributed by atoms with Crippen LogP contribution in [0.3, 0.4) is 0 Å². The summed E-state index contributed by atoms with van der Waals surface area (Å²) in [6, 6.07) is 3.43. The Balaban J connectivity index is 2.84. The van der Waals surface area contributed by atoms with Crippen molar-refractivity contribution in [1.29, 1.82) is 0 Å². The zero-order valence-electron chi connectivity index (χ0n) is 14.3. The lowest BCUT2D eigenvalue weighted by molar-refractivity contribution is 0.103. The molecule has 0 amide bonds. The van der Waals surface area contributed by atoms with Crippen molar-refractivity contribution in [3.8, 4) is 23.0 Å². The highest BCUT2D eigenvalue weighted by atomic mass is 32.2. The van der Waals surface area contributed by atoms with Gasteiger partial charge in [0.25, 0.3) is 20.2 Å². The van der Waals surface area contributed by atoms with Gasteiger partial charge in [-0.05, 0) is 18.2 Å². The average molecular weight is 434 g/mol. The van der Waals surface area contributed by atoms with E-state index in [0.717, 1.165) is 19.2 Å². The van der Waals surface area contributed by atoms with Crippen molar-refractivity contribution in [2.75, 3.05) is 14.2 Å². The molecule has 0 atom stereocenters. The van der Waals surface area contributed by atoms with Crippen LogP contribution < -0.4 is 9.47 Å². The maximum absolute atomic E-state index is 12.8. The first-order valence-corrected chi connectivity index (χ1v) is 10.0. The zero-order valence-corrected chi connectivity index (χ0v) is 15.9. The van der Waals surface area contributed by atoms with Crippen LogP contribution in [0.1, 0.15) is 15.9 Å². The molecular formula is C15H14O11S2. The fourth-order valence-corrected chi connectivity index (χ4v) is 3.74. The van der Waals surface area contributed by atoms with Gasteiger partial charge in [0.1, 0.15) is 15.5 Å². The highest BCUT2D eigenvalue weighted by Crippen LogP contribution is 2.44. The predicted octanol–water partition coefficient (Wildman–Crippen LogP) is 0.839. The second-order valence-electron chi connectivity index (χ2n) is 5.29. The minimum atomic E-state index is -5.01. The van der Waals surface area contributed by atoms with Crippen LogP contribution in [0.4, 0.5) is 0 Å². The van der Waals surface area contributed by atoms with Gasteiger partial charge in [0.15, 0.2) is 17.3 Å². The number of aromatic hydroxyl groups is 2. The van der Waals surface area contributed by atoms with Crippen LogP contribution in [0.15, 0.2) is 34.1 Å². The largest absolute Gasteiger partial charge is 0.504 e. The van der Waals surface area contributed by atoms with E-state index < -0.39 is 64.2 Å². The summed E-state index contributed by atoms with van der Waals surface area (Å²) < 4.78 is 74.4. The summed E-state index contributed by atoms with van der Waals surface area (Å²) in [7, 11) is -7.80. The summed E-state index contributed by atoms with van der Waals surface area (Å²) in [5.41, 5.74) is -1.54. The van der Waals surface area contributed by atoms with Crippen molar-refractivity contribution in [2.45, 2.75) is 9.79 Å². The molecule has 13 heteroatoms. The van der Waals surface area contributed by atoms with Crippen molar-refractivity contribution < 1.29 is 50.4 Å². The van der Waals surface area contributed by atoms with Gasteiger partial charge in [0, 0.05) is 11.6 Å². The highest BCUT2D eigenvalue weighted by Gasteiger charge is 2.30. The van der Waals surface area contributed by atoms with Gasteiger partial charge in [-0.2, -0.15) is 16.8 Å². The fraction of sp³-hybridized carbons (Fsp3) is 0.133. The summed E-state index contributed by atoms with van der Waals surface area (Å²) >= 11 is 0. The van der Waals surface area contributed by atoms with Crippen molar-refractivity contribution in [3.05, 3.63) is 35.4 Å². The van der Waals surface area contributed by atoms with Gasteiger partial charge in [0.2, 0.25) is 5.75 Å². The van der Waals surface area contributed by atoms with E-state index in [9.17, 15) is 40.9 Å². The molecule has 0 fully saturated rings. The van der Waals surface area contributed by atoms with Crippen LogP contribution in [-0.4, -0.2) is 56.2 Å². The molecule has 0 bridgehead atoms. The van der Waals surface area contributed by atoms with Gasteiger partial charge in [-0.3, -0.25) is 13.9 Å². The maximum Gasteiger partial charge on any atom is 0.298 e. The lowest BCUT2D eigenvalue weighted by Crippen LogP contribution is -2.12. The molecule has 0 radical (unpaired) electrons. The molecular weight excluding hydrogens is 420 g/mol. The maximum atomic E-state index is 12.8. The molecule has 2 aromatic carbocycles. The Morgan fingerprint density at radius 1 is 0.821 bits per heavy atom. The second-order valence-corrected chi connectivity index (χ2v) is 8.07. The SMILES string of the molecule is COc1ccc(C(=O)c2cc(S(=O)(=O)O)c(OC)c(O)c2O)c(S(=O)(=O)O)c1. The number of hydrogen-bond donors (Lipinski definition) is 4. The Hall–Kier alpha value is -2.87. The van der Waals surface area contributed by atoms with Crippen LogP contribution >= 0.6 is 0 Å². The molecule has 0 heterocycles. The monoisotopic (exact) mass is 434 g/mol. The third-order valence-electron chi connectivity index (χ3n) is 3.63. The number of carbonyl (C=O) groups excluding carboxylic acids is 1. The molecule has 0 saturated carbocycles. The molecule has 0 aromatic heterocycles. The van der Waals surface area contributed by atoms with Gasteiger partial charge >= 0.3 is 0 Å². The standard InChI is InChI=1S/C15H14O11S2/c1-25-7-3-4-8(10(5-7)27(19,20)21)12(16)9-6-11(28(22,23)24)15(26-2)14(18)13(9)17/h3-6,17-18H,1-2H3,(H,19,20,21)(H,22,23,24).